The van der Waals surface area contributed by atoms with Crippen molar-refractivity contribution in [2.75, 3.05) is 0 Å². The molecule has 0 aromatic rings. The minimum atomic E-state index is -0.909. The van der Waals surface area contributed by atoms with E-state index in [-0.39, 0.29) is 64.3 Å². The van der Waals surface area contributed by atoms with Crippen molar-refractivity contribution in [3.8, 4) is 0 Å². The van der Waals surface area contributed by atoms with Crippen LogP contribution in [0.4, 0.5) is 0 Å². The molecule has 21 valence electrons. The normalized spacial score (nSPS) is 1.60. The van der Waals surface area contributed by atoms with Crippen LogP contribution in [-0.2, 0) is 39.0 Å². The summed E-state index contributed by atoms with van der Waals surface area (Å²) in [7, 11) is 0. The van der Waals surface area contributed by atoms with Crippen molar-refractivity contribution < 1.29 is 39.0 Å². The van der Waals surface area contributed by atoms with E-state index in [1.807, 2.05) is 0 Å². The van der Waals surface area contributed by atoms with Crippen molar-refractivity contribution in [1.29, 1.82) is 0 Å². The van der Waals surface area contributed by atoms with Gasteiger partial charge in [0.05, 0.1) is 0 Å². The molecule has 0 radical (unpaired) electrons. The summed E-state index contributed by atoms with van der Waals surface area (Å²) >= 11 is 0.226. The average molecular weight is 386 g/mol. The second-order valence-corrected chi connectivity index (χ2v) is 4.42. The van der Waals surface area contributed by atoms with Crippen LogP contribution >= 0.6 is 0 Å². The van der Waals surface area contributed by atoms with Gasteiger partial charge in [0.2, 0.25) is 0 Å². The zero-order valence-corrected chi connectivity index (χ0v) is 7.03. The molecule has 0 aromatic carbocycles. The van der Waals surface area contributed by atoms with Gasteiger partial charge in [0, 0.05) is 0 Å². The zero-order valence-electron chi connectivity index (χ0n) is 1.36. The number of rotatable bonds is 0. The molecule has 0 N–H and O–H groups in total. The molecular formula is H3LiOSrTaZr. The molecule has 1 nitrogen and oxygen atoms in total. The van der Waals surface area contributed by atoms with Gasteiger partial charge in [-0.15, -0.1) is 0 Å². The second kappa shape index (κ2) is 15.6. The van der Waals surface area contributed by atoms with E-state index in [9.17, 15) is 0 Å². The summed E-state index contributed by atoms with van der Waals surface area (Å²) in [5.41, 5.74) is 0. The molecule has 0 fully saturated rings. The maximum atomic E-state index is 9.15. The van der Waals surface area contributed by atoms with Gasteiger partial charge in [-0.25, -0.2) is 0 Å². The van der Waals surface area contributed by atoms with Gasteiger partial charge in [-0.05, 0) is 0 Å². The van der Waals surface area contributed by atoms with E-state index < -0.39 is 19.5 Å². The van der Waals surface area contributed by atoms with Crippen LogP contribution in [0.3, 0.4) is 0 Å². The van der Waals surface area contributed by atoms with E-state index in [2.05, 4.69) is 0 Å². The molecule has 0 aliphatic carbocycles. The SMILES string of the molecule is [LiH].[O]=[Zr][Ta].[SrH2]. The van der Waals surface area contributed by atoms with Gasteiger partial charge in [-0.2, -0.15) is 0 Å². The Bertz CT molecular complexity index is 19.1. The van der Waals surface area contributed by atoms with Crippen molar-refractivity contribution in [1.82, 2.24) is 0 Å². The molecular weight excluding hydrogens is 383 g/mol. The van der Waals surface area contributed by atoms with E-state index >= 15 is 0 Å². The monoisotopic (exact) mass is 385 g/mol. The summed E-state index contributed by atoms with van der Waals surface area (Å²) in [6.07, 6.45) is 0. The first-order chi connectivity index (χ1) is 1.41. The third-order valence-corrected chi connectivity index (χ3v) is 0. The fourth-order valence-electron chi connectivity index (χ4n) is 0. The van der Waals surface area contributed by atoms with Crippen LogP contribution in [0.1, 0.15) is 0 Å². The van der Waals surface area contributed by atoms with E-state index in [0.717, 1.165) is 16.7 Å². The molecule has 0 atom stereocenters. The third kappa shape index (κ3) is 18.5. The molecule has 0 amide bonds. The Morgan fingerprint density at radius 3 is 1.60 bits per heavy atom. The van der Waals surface area contributed by atoms with Gasteiger partial charge in [0.15, 0.2) is 0 Å². The fraction of sp³-hybridized carbons (Fsp3) is 0. The van der Waals surface area contributed by atoms with Crippen molar-refractivity contribution in [2.45, 2.75) is 0 Å². The van der Waals surface area contributed by atoms with Crippen LogP contribution in [0.5, 0.6) is 0 Å². The van der Waals surface area contributed by atoms with Crippen molar-refractivity contribution in [3.63, 3.8) is 0 Å². The Hall–Kier alpha value is 3.50. The first-order valence-corrected chi connectivity index (χ1v) is 12.0. The topological polar surface area (TPSA) is 17.1 Å². The Morgan fingerprint density at radius 1 is 1.60 bits per heavy atom. The van der Waals surface area contributed by atoms with E-state index in [1.54, 1.807) is 0 Å². The molecule has 0 aliphatic rings. The Kier molecular flexibility index (Phi) is 49.5. The van der Waals surface area contributed by atoms with Gasteiger partial charge in [-0.3, -0.25) is 0 Å². The second-order valence-electron chi connectivity index (χ2n) is 0.0913. The van der Waals surface area contributed by atoms with Crippen molar-refractivity contribution >= 4 is 64.3 Å². The van der Waals surface area contributed by atoms with Crippen LogP contribution in [0.2, 0.25) is 0 Å². The molecule has 0 unspecified atom stereocenters. The van der Waals surface area contributed by atoms with E-state index in [4.69, 9.17) is 2.81 Å². The van der Waals surface area contributed by atoms with Crippen LogP contribution < -0.4 is 0 Å². The predicted molar refractivity (Wildman–Crippen MR) is 16.4 cm³/mol. The summed E-state index contributed by atoms with van der Waals surface area (Å²) in [6.45, 7) is 0. The molecule has 5 heavy (non-hydrogen) atoms. The first-order valence-electron chi connectivity index (χ1n) is 0.428. The molecule has 0 saturated heterocycles. The van der Waals surface area contributed by atoms with Crippen LogP contribution in [0.25, 0.3) is 0 Å². The van der Waals surface area contributed by atoms with E-state index in [1.165, 1.54) is 0 Å². The summed E-state index contributed by atoms with van der Waals surface area (Å²) in [4.78, 5) is 0. The van der Waals surface area contributed by atoms with Crippen molar-refractivity contribution in [3.05, 3.63) is 0 Å². The third-order valence-electron chi connectivity index (χ3n) is 0. The molecule has 0 aromatic heterocycles. The maximum absolute atomic E-state index is 9.15. The number of hydrogen-bond acceptors (Lipinski definition) is 1. The Labute approximate surface area is 100 Å². The van der Waals surface area contributed by atoms with E-state index in [0.29, 0.717) is 0 Å². The van der Waals surface area contributed by atoms with Crippen LogP contribution in [0.15, 0.2) is 0 Å². The molecule has 5 heteroatoms. The van der Waals surface area contributed by atoms with Crippen molar-refractivity contribution in [2.24, 2.45) is 0 Å². The van der Waals surface area contributed by atoms with Gasteiger partial charge in [-0.1, -0.05) is 0 Å². The molecule has 0 spiro atoms. The average Bonchev–Trinajstić information content (AvgIpc) is 0.918. The molecule has 0 heterocycles. The predicted octanol–water partition coefficient (Wildman–Crippen LogP) is -1.69. The molecule has 0 aliphatic heterocycles. The zero-order chi connectivity index (χ0) is 2.71. The molecule has 0 rings (SSSR count). The van der Waals surface area contributed by atoms with Gasteiger partial charge in [0.1, 0.15) is 0 Å². The summed E-state index contributed by atoms with van der Waals surface area (Å²) < 4.78 is 9.15. The Balaban J connectivity index is -0.0000000200. The fourth-order valence-corrected chi connectivity index (χ4v) is 0. The Morgan fingerprint density at radius 2 is 1.60 bits per heavy atom. The van der Waals surface area contributed by atoms with Gasteiger partial charge < -0.3 is 0 Å². The summed E-state index contributed by atoms with van der Waals surface area (Å²) in [5.74, 6) is 0. The molecule has 0 saturated carbocycles. The summed E-state index contributed by atoms with van der Waals surface area (Å²) in [5, 5.41) is 0. The number of hydrogen-bond donors (Lipinski definition) is 0. The molecule has 0 bridgehead atoms. The van der Waals surface area contributed by atoms with Crippen LogP contribution in [0, 0.1) is 0 Å². The quantitative estimate of drug-likeness (QED) is 0.455. The standard InChI is InChI=1S/Li.O.Sr.Ta.Zr.3H. The van der Waals surface area contributed by atoms with Gasteiger partial charge in [0.25, 0.3) is 0 Å². The van der Waals surface area contributed by atoms with Gasteiger partial charge >= 0.3 is 103 Å². The minimum absolute atomic E-state index is 0. The van der Waals surface area contributed by atoms with Crippen LogP contribution in [-0.4, -0.2) is 64.3 Å². The summed E-state index contributed by atoms with van der Waals surface area (Å²) in [6, 6.07) is 0. The first kappa shape index (κ1) is 15.8.